The standard InChI is InChI=1S/C23H19BrN2O2S/c1-25-20(22(27)26(2)23(25)29)13-15-10-11-21(19(24)12-15)28-14-17-8-5-7-16-6-3-4-9-18(16)17/h3-13H,14H2,1-2H3/b20-13-. The van der Waals surface area contributed by atoms with Crippen LogP contribution in [0.2, 0.25) is 0 Å². The molecule has 1 fully saturated rings. The number of hydrogen-bond acceptors (Lipinski definition) is 3. The monoisotopic (exact) mass is 466 g/mol. The average molecular weight is 467 g/mol. The van der Waals surface area contributed by atoms with Crippen LogP contribution < -0.4 is 4.74 Å². The van der Waals surface area contributed by atoms with Crippen LogP contribution in [0.4, 0.5) is 0 Å². The lowest BCUT2D eigenvalue weighted by Gasteiger charge is -2.12. The Balaban J connectivity index is 1.54. The maximum atomic E-state index is 12.3. The minimum Gasteiger partial charge on any atom is -0.488 e. The van der Waals surface area contributed by atoms with Crippen molar-refractivity contribution in [2.24, 2.45) is 0 Å². The van der Waals surface area contributed by atoms with Crippen LogP contribution in [-0.4, -0.2) is 34.9 Å². The molecule has 0 spiro atoms. The Morgan fingerprint density at radius 2 is 1.79 bits per heavy atom. The third-order valence-corrected chi connectivity index (χ3v) is 6.15. The quantitative estimate of drug-likeness (QED) is 0.390. The van der Waals surface area contributed by atoms with Gasteiger partial charge < -0.3 is 9.64 Å². The van der Waals surface area contributed by atoms with E-state index in [0.717, 1.165) is 21.3 Å². The number of likely N-dealkylation sites (N-methyl/N-ethyl adjacent to an activating group) is 2. The Labute approximate surface area is 183 Å². The molecule has 0 N–H and O–H groups in total. The predicted molar refractivity (Wildman–Crippen MR) is 124 cm³/mol. The van der Waals surface area contributed by atoms with Crippen molar-refractivity contribution in [2.45, 2.75) is 6.61 Å². The molecule has 1 aliphatic heterocycles. The molecule has 4 nitrogen and oxygen atoms in total. The molecule has 0 unspecified atom stereocenters. The molecule has 3 aromatic rings. The summed E-state index contributed by atoms with van der Waals surface area (Å²) < 4.78 is 6.89. The van der Waals surface area contributed by atoms with Crippen molar-refractivity contribution < 1.29 is 9.53 Å². The fraction of sp³-hybridized carbons (Fsp3) is 0.130. The zero-order valence-electron chi connectivity index (χ0n) is 16.1. The molecule has 1 aliphatic rings. The molecule has 0 aliphatic carbocycles. The molecule has 0 bridgehead atoms. The molecule has 6 heteroatoms. The first-order valence-corrected chi connectivity index (χ1v) is 10.3. The summed E-state index contributed by atoms with van der Waals surface area (Å²) >= 11 is 8.84. The van der Waals surface area contributed by atoms with Gasteiger partial charge in [0, 0.05) is 14.1 Å². The summed E-state index contributed by atoms with van der Waals surface area (Å²) in [6, 6.07) is 20.3. The number of amides is 1. The molecule has 3 aromatic carbocycles. The van der Waals surface area contributed by atoms with E-state index in [4.69, 9.17) is 17.0 Å². The number of benzene rings is 3. The first-order chi connectivity index (χ1) is 14.0. The van der Waals surface area contributed by atoms with Gasteiger partial charge in [-0.15, -0.1) is 0 Å². The highest BCUT2D eigenvalue weighted by molar-refractivity contribution is 9.10. The van der Waals surface area contributed by atoms with Crippen LogP contribution in [0, 0.1) is 0 Å². The highest BCUT2D eigenvalue weighted by atomic mass is 79.9. The van der Waals surface area contributed by atoms with E-state index in [1.165, 1.54) is 15.7 Å². The van der Waals surface area contributed by atoms with Gasteiger partial charge in [-0.05, 0) is 68.3 Å². The second-order valence-electron chi connectivity index (χ2n) is 6.85. The van der Waals surface area contributed by atoms with Gasteiger partial charge in [0.05, 0.1) is 4.47 Å². The van der Waals surface area contributed by atoms with E-state index < -0.39 is 0 Å². The number of hydrogen-bond donors (Lipinski definition) is 0. The van der Waals surface area contributed by atoms with Gasteiger partial charge >= 0.3 is 0 Å². The first-order valence-electron chi connectivity index (χ1n) is 9.12. The van der Waals surface area contributed by atoms with Crippen LogP contribution in [0.3, 0.4) is 0 Å². The average Bonchev–Trinajstić information content (AvgIpc) is 2.91. The molecule has 0 aromatic heterocycles. The summed E-state index contributed by atoms with van der Waals surface area (Å²) in [7, 11) is 3.48. The van der Waals surface area contributed by atoms with Gasteiger partial charge in [-0.3, -0.25) is 9.69 Å². The molecule has 29 heavy (non-hydrogen) atoms. The van der Waals surface area contributed by atoms with E-state index in [1.54, 1.807) is 19.0 Å². The summed E-state index contributed by atoms with van der Waals surface area (Å²) in [5.41, 5.74) is 2.58. The van der Waals surface area contributed by atoms with Gasteiger partial charge in [-0.2, -0.15) is 0 Å². The summed E-state index contributed by atoms with van der Waals surface area (Å²) in [4.78, 5) is 15.5. The van der Waals surface area contributed by atoms with Crippen LogP contribution in [-0.2, 0) is 11.4 Å². The smallest absolute Gasteiger partial charge is 0.276 e. The van der Waals surface area contributed by atoms with Gasteiger partial charge in [-0.25, -0.2) is 0 Å². The van der Waals surface area contributed by atoms with E-state index in [9.17, 15) is 4.79 Å². The van der Waals surface area contributed by atoms with Crippen LogP contribution in [0.15, 0.2) is 70.8 Å². The van der Waals surface area contributed by atoms with Crippen LogP contribution in [0.25, 0.3) is 16.8 Å². The van der Waals surface area contributed by atoms with Gasteiger partial charge in [0.25, 0.3) is 5.91 Å². The van der Waals surface area contributed by atoms with Crippen molar-refractivity contribution in [3.05, 3.63) is 82.0 Å². The lowest BCUT2D eigenvalue weighted by atomic mass is 10.1. The molecule has 0 radical (unpaired) electrons. The second-order valence-corrected chi connectivity index (χ2v) is 8.07. The van der Waals surface area contributed by atoms with Crippen molar-refractivity contribution in [1.29, 1.82) is 0 Å². The number of rotatable bonds is 4. The van der Waals surface area contributed by atoms with Gasteiger partial charge in [0.1, 0.15) is 18.1 Å². The van der Waals surface area contributed by atoms with E-state index in [2.05, 4.69) is 40.2 Å². The zero-order chi connectivity index (χ0) is 20.5. The topological polar surface area (TPSA) is 32.8 Å². The van der Waals surface area contributed by atoms with E-state index in [1.807, 2.05) is 42.5 Å². The number of nitrogens with zero attached hydrogens (tertiary/aromatic N) is 2. The Bertz CT molecular complexity index is 1150. The summed E-state index contributed by atoms with van der Waals surface area (Å²) in [6.45, 7) is 0.473. The van der Waals surface area contributed by atoms with Crippen molar-refractivity contribution >= 4 is 56.0 Å². The van der Waals surface area contributed by atoms with E-state index in [0.29, 0.717) is 17.4 Å². The number of ether oxygens (including phenoxy) is 1. The largest absolute Gasteiger partial charge is 0.488 e. The zero-order valence-corrected chi connectivity index (χ0v) is 18.5. The van der Waals surface area contributed by atoms with Gasteiger partial charge in [0.15, 0.2) is 5.11 Å². The molecule has 0 atom stereocenters. The van der Waals surface area contributed by atoms with Crippen molar-refractivity contribution in [3.8, 4) is 5.75 Å². The fourth-order valence-electron chi connectivity index (χ4n) is 3.34. The SMILES string of the molecule is CN1C(=O)/C(=C/c2ccc(OCc3cccc4ccccc34)c(Br)c2)N(C)C1=S. The van der Waals surface area contributed by atoms with Crippen molar-refractivity contribution in [1.82, 2.24) is 9.80 Å². The molecule has 1 saturated heterocycles. The predicted octanol–water partition coefficient (Wildman–Crippen LogP) is 5.21. The highest BCUT2D eigenvalue weighted by Gasteiger charge is 2.32. The molecular weight excluding hydrogens is 448 g/mol. The third kappa shape index (κ3) is 3.78. The normalized spacial score (nSPS) is 15.6. The second kappa shape index (κ2) is 7.97. The van der Waals surface area contributed by atoms with Crippen LogP contribution >= 0.6 is 28.1 Å². The van der Waals surface area contributed by atoms with Gasteiger partial charge in [0.2, 0.25) is 0 Å². The number of fused-ring (bicyclic) bond motifs is 1. The Morgan fingerprint density at radius 3 is 2.52 bits per heavy atom. The Morgan fingerprint density at radius 1 is 1.03 bits per heavy atom. The molecule has 1 heterocycles. The van der Waals surface area contributed by atoms with E-state index >= 15 is 0 Å². The number of carbonyl (C=O) groups excluding carboxylic acids is 1. The summed E-state index contributed by atoms with van der Waals surface area (Å²) in [5.74, 6) is 0.642. The third-order valence-electron chi connectivity index (χ3n) is 4.98. The minimum absolute atomic E-state index is 0.107. The molecule has 146 valence electrons. The van der Waals surface area contributed by atoms with Crippen LogP contribution in [0.1, 0.15) is 11.1 Å². The van der Waals surface area contributed by atoms with E-state index in [-0.39, 0.29) is 5.91 Å². The summed E-state index contributed by atoms with van der Waals surface area (Å²) in [5, 5.41) is 2.88. The maximum absolute atomic E-state index is 12.3. The molecule has 0 saturated carbocycles. The number of thiocarbonyl (C=S) groups is 1. The molecule has 4 rings (SSSR count). The maximum Gasteiger partial charge on any atom is 0.276 e. The fourth-order valence-corrected chi connectivity index (χ4v) is 4.04. The minimum atomic E-state index is -0.107. The Kier molecular flexibility index (Phi) is 5.39. The van der Waals surface area contributed by atoms with Gasteiger partial charge in [-0.1, -0.05) is 48.5 Å². The van der Waals surface area contributed by atoms with Crippen LogP contribution in [0.5, 0.6) is 5.75 Å². The summed E-state index contributed by atoms with van der Waals surface area (Å²) in [6.07, 6.45) is 1.83. The highest BCUT2D eigenvalue weighted by Crippen LogP contribution is 2.30. The Hall–Kier alpha value is -2.70. The van der Waals surface area contributed by atoms with Crippen molar-refractivity contribution in [2.75, 3.05) is 14.1 Å². The lowest BCUT2D eigenvalue weighted by Crippen LogP contribution is -2.26. The molecule has 1 amide bonds. The first kappa shape index (κ1) is 19.6. The number of halogens is 1. The van der Waals surface area contributed by atoms with Crippen molar-refractivity contribution in [3.63, 3.8) is 0 Å². The lowest BCUT2D eigenvalue weighted by molar-refractivity contribution is -0.121. The number of carbonyl (C=O) groups is 1. The molecular formula is C23H19BrN2O2S.